The number of aromatic amines is 2. The lowest BCUT2D eigenvalue weighted by Crippen LogP contribution is -2.23. The second kappa shape index (κ2) is 12.4. The van der Waals surface area contributed by atoms with E-state index in [1.165, 1.54) is 0 Å². The van der Waals surface area contributed by atoms with Crippen LogP contribution in [0.3, 0.4) is 0 Å². The summed E-state index contributed by atoms with van der Waals surface area (Å²) in [6.45, 7) is 17.5. The van der Waals surface area contributed by atoms with Gasteiger partial charge in [-0.15, -0.1) is 0 Å². The van der Waals surface area contributed by atoms with E-state index < -0.39 is 17.4 Å². The zero-order chi connectivity index (χ0) is 33.5. The molecular formula is C35H44N4O6. The quantitative estimate of drug-likeness (QED) is 0.198. The highest BCUT2D eigenvalue weighted by Gasteiger charge is 2.36. The van der Waals surface area contributed by atoms with Gasteiger partial charge in [0.1, 0.15) is 0 Å². The largest absolute Gasteiger partial charge is 0.481 e. The van der Waals surface area contributed by atoms with Crippen LogP contribution >= 0.6 is 0 Å². The molecule has 0 unspecified atom stereocenters. The third kappa shape index (κ3) is 6.60. The molecule has 0 saturated carbocycles. The Balaban J connectivity index is 1.96. The van der Waals surface area contributed by atoms with Gasteiger partial charge >= 0.3 is 11.9 Å². The van der Waals surface area contributed by atoms with Crippen molar-refractivity contribution >= 4 is 35.9 Å². The first-order valence-electron chi connectivity index (χ1n) is 15.2. The number of carbonyl (C=O) groups is 4. The summed E-state index contributed by atoms with van der Waals surface area (Å²) in [5.74, 6) is -2.42. The van der Waals surface area contributed by atoms with Crippen LogP contribution in [0, 0.1) is 19.3 Å². The number of hydrogen-bond acceptors (Lipinski definition) is 4. The molecule has 2 aliphatic heterocycles. The fraction of sp³-hybridized carbons (Fsp3) is 0.429. The smallest absolute Gasteiger partial charge is 0.303 e. The molecule has 0 spiro atoms. The van der Waals surface area contributed by atoms with Gasteiger partial charge in [-0.3, -0.25) is 19.2 Å². The number of aromatic nitrogens is 2. The first kappa shape index (κ1) is 33.3. The molecule has 6 N–H and O–H groups in total. The summed E-state index contributed by atoms with van der Waals surface area (Å²) in [5, 5.41) is 25.1. The second-order valence-electron chi connectivity index (χ2n) is 13.2. The van der Waals surface area contributed by atoms with Gasteiger partial charge in [0.25, 0.3) is 11.8 Å². The van der Waals surface area contributed by atoms with Crippen molar-refractivity contribution < 1.29 is 29.4 Å². The number of nitrogens with one attached hydrogen (secondary N) is 4. The second-order valence-corrected chi connectivity index (χ2v) is 13.2. The fourth-order valence-corrected chi connectivity index (χ4v) is 6.20. The lowest BCUT2D eigenvalue weighted by molar-refractivity contribution is -0.138. The highest BCUT2D eigenvalue weighted by atomic mass is 16.4. The summed E-state index contributed by atoms with van der Waals surface area (Å²) >= 11 is 0. The number of amides is 2. The molecule has 45 heavy (non-hydrogen) atoms. The van der Waals surface area contributed by atoms with Gasteiger partial charge < -0.3 is 30.8 Å². The van der Waals surface area contributed by atoms with Gasteiger partial charge in [-0.1, -0.05) is 20.8 Å². The molecule has 4 rings (SSSR count). The van der Waals surface area contributed by atoms with Crippen molar-refractivity contribution in [2.45, 2.75) is 93.9 Å². The van der Waals surface area contributed by atoms with Gasteiger partial charge in [0.05, 0.1) is 0 Å². The van der Waals surface area contributed by atoms with Crippen LogP contribution in [0.2, 0.25) is 0 Å². The molecule has 0 aromatic carbocycles. The maximum Gasteiger partial charge on any atom is 0.303 e. The summed E-state index contributed by atoms with van der Waals surface area (Å²) in [5.41, 5.74) is 10.7. The Morgan fingerprint density at radius 3 is 1.29 bits per heavy atom. The van der Waals surface area contributed by atoms with E-state index in [1.54, 1.807) is 13.8 Å². The zero-order valence-corrected chi connectivity index (χ0v) is 27.6. The van der Waals surface area contributed by atoms with Gasteiger partial charge in [-0.2, -0.15) is 0 Å². The Hall–Kier alpha value is -4.60. The summed E-state index contributed by atoms with van der Waals surface area (Å²) in [6.07, 6.45) is 4.25. The van der Waals surface area contributed by atoms with Gasteiger partial charge in [-0.25, -0.2) is 0 Å². The highest BCUT2D eigenvalue weighted by Crippen LogP contribution is 2.45. The van der Waals surface area contributed by atoms with Crippen molar-refractivity contribution in [3.8, 4) is 0 Å². The summed E-state index contributed by atoms with van der Waals surface area (Å²) < 4.78 is 0. The summed E-state index contributed by atoms with van der Waals surface area (Å²) in [6, 6.07) is 0. The van der Waals surface area contributed by atoms with Gasteiger partial charge in [-0.05, 0) is 105 Å². The van der Waals surface area contributed by atoms with E-state index in [2.05, 4.69) is 41.4 Å². The van der Waals surface area contributed by atoms with Crippen LogP contribution < -0.4 is 10.6 Å². The van der Waals surface area contributed by atoms with Crippen molar-refractivity contribution in [1.29, 1.82) is 0 Å². The number of H-pyrrole nitrogens is 2. The van der Waals surface area contributed by atoms with Gasteiger partial charge in [0.15, 0.2) is 0 Å². The van der Waals surface area contributed by atoms with E-state index in [0.717, 1.165) is 56.2 Å². The predicted octanol–water partition coefficient (Wildman–Crippen LogP) is 5.79. The third-order valence-corrected chi connectivity index (χ3v) is 9.21. The molecule has 2 aromatic heterocycles. The molecular weight excluding hydrogens is 572 g/mol. The van der Waals surface area contributed by atoms with Crippen LogP contribution in [-0.4, -0.2) is 43.9 Å². The Morgan fingerprint density at radius 1 is 0.667 bits per heavy atom. The molecule has 0 radical (unpaired) electrons. The van der Waals surface area contributed by atoms with Gasteiger partial charge in [0.2, 0.25) is 0 Å². The third-order valence-electron chi connectivity index (χ3n) is 9.21. The fourth-order valence-electron chi connectivity index (χ4n) is 6.20. The Morgan fingerprint density at radius 2 is 1.02 bits per heavy atom. The van der Waals surface area contributed by atoms with Crippen molar-refractivity contribution in [3.63, 3.8) is 0 Å². The zero-order valence-electron chi connectivity index (χ0n) is 27.6. The number of carbonyl (C=O) groups excluding carboxylic acids is 2. The molecule has 0 atom stereocenters. The van der Waals surface area contributed by atoms with E-state index in [4.69, 9.17) is 0 Å². The molecule has 2 amide bonds. The number of carboxylic acids is 2. The minimum Gasteiger partial charge on any atom is -0.481 e. The first-order valence-corrected chi connectivity index (χ1v) is 15.2. The maximum atomic E-state index is 12.3. The topological polar surface area (TPSA) is 164 Å². The molecule has 0 saturated heterocycles. The Kier molecular flexibility index (Phi) is 9.19. The van der Waals surface area contributed by atoms with Crippen LogP contribution in [0.5, 0.6) is 0 Å². The first-order chi connectivity index (χ1) is 20.9. The monoisotopic (exact) mass is 616 g/mol. The lowest BCUT2D eigenvalue weighted by Gasteiger charge is -2.32. The van der Waals surface area contributed by atoms with E-state index in [0.29, 0.717) is 35.4 Å². The number of aliphatic carboxylic acids is 2. The molecule has 2 aliphatic rings. The Labute approximate surface area is 263 Å². The average molecular weight is 617 g/mol. The summed E-state index contributed by atoms with van der Waals surface area (Å²) in [7, 11) is 0. The van der Waals surface area contributed by atoms with E-state index in [9.17, 15) is 29.4 Å². The molecule has 4 heterocycles. The van der Waals surface area contributed by atoms with E-state index in [-0.39, 0.29) is 30.6 Å². The summed E-state index contributed by atoms with van der Waals surface area (Å²) in [4.78, 5) is 55.4. The molecule has 2 aromatic rings. The Bertz CT molecular complexity index is 1610. The van der Waals surface area contributed by atoms with Crippen LogP contribution in [-0.2, 0) is 32.0 Å². The lowest BCUT2D eigenvalue weighted by atomic mass is 9.73. The number of hydrogen-bond donors (Lipinski definition) is 6. The molecule has 0 bridgehead atoms. The van der Waals surface area contributed by atoms with E-state index >= 15 is 0 Å². The minimum atomic E-state index is -0.907. The van der Waals surface area contributed by atoms with Crippen LogP contribution in [0.15, 0.2) is 33.7 Å². The normalized spacial score (nSPS) is 18.0. The SMILES string of the molecule is CC1=C(C)/C(=C/c2[nH]c(C(c3[nH]c(/C=C4\NC(=O)C(C)=C4C)c(C)c3CCC(=O)O)C(C)(C)C)c(CCC(=O)O)c2C)NC1=O. The predicted molar refractivity (Wildman–Crippen MR) is 173 cm³/mol. The number of carboxylic acid groups (broad SMARTS) is 2. The maximum absolute atomic E-state index is 12.3. The van der Waals surface area contributed by atoms with Crippen LogP contribution in [0.1, 0.15) is 112 Å². The molecule has 10 nitrogen and oxygen atoms in total. The van der Waals surface area contributed by atoms with E-state index in [1.807, 2.05) is 39.8 Å². The highest BCUT2D eigenvalue weighted by molar-refractivity contribution is 6.01. The number of rotatable bonds is 10. The molecule has 0 aliphatic carbocycles. The van der Waals surface area contributed by atoms with Crippen molar-refractivity contribution in [2.75, 3.05) is 0 Å². The minimum absolute atomic E-state index is 0.0645. The van der Waals surface area contributed by atoms with Crippen molar-refractivity contribution in [1.82, 2.24) is 20.6 Å². The van der Waals surface area contributed by atoms with Crippen molar-refractivity contribution in [3.05, 3.63) is 78.7 Å². The standard InChI is InChI=1S/C35H44N4O6/c1-16-18(3)33(44)38-24(16)14-26-20(5)22(10-12-28(40)41)31(36-26)30(35(7,8)9)32-23(11-13-29(42)43)21(6)27(37-32)15-25-17(2)19(4)34(45)39-25/h14-15,30,36-37H,10-13H2,1-9H3,(H,38,44)(H,39,45)(H,40,41)(H,42,43)/b24-14-,25-15-. The average Bonchev–Trinajstić information content (AvgIpc) is 3.57. The number of allylic oxidation sites excluding steroid dienone is 2. The van der Waals surface area contributed by atoms with Crippen LogP contribution in [0.25, 0.3) is 12.2 Å². The molecule has 10 heteroatoms. The van der Waals surface area contributed by atoms with Crippen LogP contribution in [0.4, 0.5) is 0 Å². The molecule has 240 valence electrons. The van der Waals surface area contributed by atoms with Crippen molar-refractivity contribution in [2.24, 2.45) is 5.41 Å². The molecule has 0 fully saturated rings. The van der Waals surface area contributed by atoms with Gasteiger partial charge in [0, 0.05) is 64.1 Å².